The Hall–Kier alpha value is -2.92. The van der Waals surface area contributed by atoms with Crippen LogP contribution in [-0.2, 0) is 14.6 Å². The fourth-order valence-electron chi connectivity index (χ4n) is 3.66. The molecule has 31 heavy (non-hydrogen) atoms. The topological polar surface area (TPSA) is 131 Å². The zero-order valence-electron chi connectivity index (χ0n) is 17.3. The van der Waals surface area contributed by atoms with Gasteiger partial charge < -0.3 is 25.6 Å². The molecular formula is C20H26N6O4S. The van der Waals surface area contributed by atoms with E-state index in [9.17, 15) is 13.2 Å². The number of nitrogens with two attached hydrogens (primary N) is 1. The normalized spacial score (nSPS) is 17.3. The average molecular weight is 447 g/mol. The molecule has 1 aromatic carbocycles. The molecule has 4 rings (SSSR count). The minimum absolute atomic E-state index is 0.154. The zero-order valence-corrected chi connectivity index (χ0v) is 18.1. The van der Waals surface area contributed by atoms with E-state index in [-0.39, 0.29) is 30.0 Å². The summed E-state index contributed by atoms with van der Waals surface area (Å²) in [6.07, 6.45) is 3.16. The first-order valence-corrected chi connectivity index (χ1v) is 11.8. The predicted octanol–water partition coefficient (Wildman–Crippen LogP) is 0.750. The fourth-order valence-corrected chi connectivity index (χ4v) is 5.37. The van der Waals surface area contributed by atoms with Crippen molar-refractivity contribution in [2.75, 3.05) is 56.6 Å². The van der Waals surface area contributed by atoms with Crippen LogP contribution in [0.3, 0.4) is 0 Å². The van der Waals surface area contributed by atoms with Gasteiger partial charge in [-0.15, -0.1) is 0 Å². The molecule has 1 aromatic heterocycles. The number of ether oxygens (including phenoxy) is 1. The number of amides is 2. The Morgan fingerprint density at radius 2 is 1.84 bits per heavy atom. The molecule has 2 amide bonds. The highest BCUT2D eigenvalue weighted by atomic mass is 32.2. The third-order valence-corrected chi connectivity index (χ3v) is 7.57. The van der Waals surface area contributed by atoms with E-state index in [1.54, 1.807) is 24.5 Å². The molecule has 3 heterocycles. The maximum atomic E-state index is 13.4. The lowest BCUT2D eigenvalue weighted by atomic mass is 10.1. The molecule has 0 atom stereocenters. The molecule has 3 N–H and O–H groups in total. The first-order valence-electron chi connectivity index (χ1n) is 10.2. The Labute approximate surface area is 181 Å². The van der Waals surface area contributed by atoms with Gasteiger partial charge in [-0.05, 0) is 30.7 Å². The third-order valence-electron chi connectivity index (χ3n) is 5.50. The summed E-state index contributed by atoms with van der Waals surface area (Å²) >= 11 is 0. The lowest BCUT2D eigenvalue weighted by Crippen LogP contribution is -2.59. The Balaban J connectivity index is 1.66. The van der Waals surface area contributed by atoms with Crippen molar-refractivity contribution in [3.8, 4) is 11.1 Å². The Morgan fingerprint density at radius 3 is 2.48 bits per heavy atom. The van der Waals surface area contributed by atoms with Crippen molar-refractivity contribution < 1.29 is 17.9 Å². The van der Waals surface area contributed by atoms with Gasteiger partial charge in [0.15, 0.2) is 9.84 Å². The molecule has 0 radical (unpaired) electrons. The number of carbonyl (C=O) groups is 1. The van der Waals surface area contributed by atoms with Gasteiger partial charge in [0.25, 0.3) is 0 Å². The van der Waals surface area contributed by atoms with Gasteiger partial charge in [-0.1, -0.05) is 0 Å². The fraction of sp³-hybridized carbons (Fsp3) is 0.450. The summed E-state index contributed by atoms with van der Waals surface area (Å²) in [5.74, 6) is 0.154. The molecule has 11 heteroatoms. The Morgan fingerprint density at radius 1 is 1.16 bits per heavy atom. The van der Waals surface area contributed by atoms with Gasteiger partial charge in [-0.3, -0.25) is 0 Å². The molecule has 2 aromatic rings. The van der Waals surface area contributed by atoms with Crippen LogP contribution >= 0.6 is 0 Å². The second-order valence-electron chi connectivity index (χ2n) is 7.55. The van der Waals surface area contributed by atoms with Crippen LogP contribution in [0.1, 0.15) is 6.92 Å². The summed E-state index contributed by atoms with van der Waals surface area (Å²) in [6.45, 7) is 5.20. The maximum Gasteiger partial charge on any atom is 0.317 e. The summed E-state index contributed by atoms with van der Waals surface area (Å²) < 4.78 is 32.1. The van der Waals surface area contributed by atoms with E-state index < -0.39 is 15.1 Å². The summed E-state index contributed by atoms with van der Waals surface area (Å²) in [4.78, 5) is 23.8. The molecule has 0 bridgehead atoms. The highest BCUT2D eigenvalue weighted by Crippen LogP contribution is 2.32. The number of anilines is 2. The molecule has 0 aliphatic carbocycles. The van der Waals surface area contributed by atoms with Gasteiger partial charge >= 0.3 is 6.03 Å². The zero-order chi connectivity index (χ0) is 22.0. The lowest BCUT2D eigenvalue weighted by Gasteiger charge is -2.38. The van der Waals surface area contributed by atoms with Crippen LogP contribution in [0.2, 0.25) is 0 Å². The quantitative estimate of drug-likeness (QED) is 0.688. The van der Waals surface area contributed by atoms with E-state index in [4.69, 9.17) is 10.5 Å². The summed E-state index contributed by atoms with van der Waals surface area (Å²) in [5, 5.41) is 2.06. The van der Waals surface area contributed by atoms with E-state index in [1.807, 2.05) is 13.0 Å². The highest BCUT2D eigenvalue weighted by molar-refractivity contribution is 7.92. The van der Waals surface area contributed by atoms with Crippen molar-refractivity contribution in [3.05, 3.63) is 30.6 Å². The number of nitrogens with zero attached hydrogens (tertiary/aromatic N) is 4. The van der Waals surface area contributed by atoms with Crippen LogP contribution in [0.4, 0.5) is 16.4 Å². The van der Waals surface area contributed by atoms with Crippen molar-refractivity contribution in [1.82, 2.24) is 20.2 Å². The predicted molar refractivity (Wildman–Crippen MR) is 117 cm³/mol. The van der Waals surface area contributed by atoms with E-state index in [1.165, 1.54) is 4.90 Å². The summed E-state index contributed by atoms with van der Waals surface area (Å²) in [7, 11) is -3.63. The van der Waals surface area contributed by atoms with Crippen molar-refractivity contribution in [1.29, 1.82) is 0 Å². The number of nitrogens with one attached hydrogen (secondary N) is 1. The van der Waals surface area contributed by atoms with E-state index in [0.717, 1.165) is 5.69 Å². The molecule has 2 aliphatic rings. The minimum Gasteiger partial charge on any atom is -0.378 e. The van der Waals surface area contributed by atoms with Gasteiger partial charge in [0.2, 0.25) is 5.95 Å². The molecule has 2 saturated heterocycles. The first-order chi connectivity index (χ1) is 14.9. The Kier molecular flexibility index (Phi) is 5.96. The highest BCUT2D eigenvalue weighted by Gasteiger charge is 2.40. The van der Waals surface area contributed by atoms with Crippen LogP contribution in [0.25, 0.3) is 11.1 Å². The van der Waals surface area contributed by atoms with Crippen LogP contribution in [0.5, 0.6) is 0 Å². The Bertz CT molecular complexity index is 1050. The van der Waals surface area contributed by atoms with E-state index in [0.29, 0.717) is 44.0 Å². The number of hydrogen-bond donors (Lipinski definition) is 2. The molecular weight excluding hydrogens is 420 g/mol. The van der Waals surface area contributed by atoms with Crippen molar-refractivity contribution in [2.24, 2.45) is 0 Å². The number of carbonyl (C=O) groups excluding carboxylic acids is 1. The molecule has 0 spiro atoms. The average Bonchev–Trinajstić information content (AvgIpc) is 2.73. The first kappa shape index (κ1) is 21.3. The molecule has 0 saturated carbocycles. The number of nitrogen functional groups attached to an aromatic ring is 1. The van der Waals surface area contributed by atoms with Gasteiger partial charge in [-0.25, -0.2) is 23.2 Å². The SMILES string of the molecule is CCNC(=O)N1CC(S(=O)(=O)c2cc(-c3cnc(N)nc3)cc(N3CCOCC3)c2)C1. The number of hydrogen-bond acceptors (Lipinski definition) is 8. The minimum atomic E-state index is -3.63. The number of rotatable bonds is 5. The van der Waals surface area contributed by atoms with E-state index in [2.05, 4.69) is 20.2 Å². The second kappa shape index (κ2) is 8.67. The van der Waals surface area contributed by atoms with E-state index >= 15 is 0 Å². The number of urea groups is 1. The molecule has 2 aliphatic heterocycles. The smallest absolute Gasteiger partial charge is 0.317 e. The van der Waals surface area contributed by atoms with Gasteiger partial charge in [0, 0.05) is 56.4 Å². The van der Waals surface area contributed by atoms with Crippen LogP contribution in [-0.4, -0.2) is 80.5 Å². The molecule has 166 valence electrons. The number of likely N-dealkylation sites (tertiary alicyclic amines) is 1. The van der Waals surface area contributed by atoms with Crippen LogP contribution in [0, 0.1) is 0 Å². The monoisotopic (exact) mass is 446 g/mol. The number of sulfone groups is 1. The molecule has 2 fully saturated rings. The maximum absolute atomic E-state index is 13.4. The number of benzene rings is 1. The molecule has 0 unspecified atom stereocenters. The largest absolute Gasteiger partial charge is 0.378 e. The third kappa shape index (κ3) is 4.42. The summed E-state index contributed by atoms with van der Waals surface area (Å²) in [5.41, 5.74) is 7.78. The molecule has 10 nitrogen and oxygen atoms in total. The second-order valence-corrected chi connectivity index (χ2v) is 9.78. The summed E-state index contributed by atoms with van der Waals surface area (Å²) in [6, 6.07) is 5.04. The van der Waals surface area contributed by atoms with Gasteiger partial charge in [0.1, 0.15) is 5.25 Å². The standard InChI is InChI=1S/C20H26N6O4S/c1-2-22-20(27)26-12-18(13-26)31(28,29)17-8-14(15-10-23-19(21)24-11-15)7-16(9-17)25-3-5-30-6-4-25/h7-11,18H,2-6,12-13H2,1H3,(H,22,27)(H2,21,23,24). The van der Waals surface area contributed by atoms with Crippen molar-refractivity contribution in [2.45, 2.75) is 17.1 Å². The van der Waals surface area contributed by atoms with Crippen LogP contribution < -0.4 is 16.0 Å². The van der Waals surface area contributed by atoms with Crippen LogP contribution in [0.15, 0.2) is 35.5 Å². The van der Waals surface area contributed by atoms with Crippen molar-refractivity contribution in [3.63, 3.8) is 0 Å². The van der Waals surface area contributed by atoms with Gasteiger partial charge in [-0.2, -0.15) is 0 Å². The van der Waals surface area contributed by atoms with Gasteiger partial charge in [0.05, 0.1) is 18.1 Å². The van der Waals surface area contributed by atoms with Crippen molar-refractivity contribution >= 4 is 27.5 Å². The number of aromatic nitrogens is 2. The lowest BCUT2D eigenvalue weighted by molar-refractivity contribution is 0.122. The number of morpholine rings is 1.